The standard InChI is InChI=1S/C35H38BrN3O5S/c1-4-21-37-35(41)32(22-27-11-7-5-8-12-27)38(24-28-13-9-6-10-14-28)34(40)25-39(29-17-15-26(2)16-18-29)45(42,43)30-19-20-33(44-3)31(36)23-30/h5-20,23,32H,4,21-22,24-25H2,1-3H3,(H,37,41). The summed E-state index contributed by atoms with van der Waals surface area (Å²) in [7, 11) is -2.74. The van der Waals surface area contributed by atoms with E-state index in [1.807, 2.05) is 74.5 Å². The van der Waals surface area contributed by atoms with Gasteiger partial charge in [0.05, 0.1) is 22.2 Å². The highest BCUT2D eigenvalue weighted by Crippen LogP contribution is 2.31. The van der Waals surface area contributed by atoms with Crippen LogP contribution in [-0.4, -0.2) is 51.4 Å². The van der Waals surface area contributed by atoms with Crippen molar-refractivity contribution in [3.05, 3.63) is 124 Å². The lowest BCUT2D eigenvalue weighted by molar-refractivity contribution is -0.140. The molecule has 4 rings (SSSR count). The number of amides is 2. The number of anilines is 1. The van der Waals surface area contributed by atoms with Gasteiger partial charge >= 0.3 is 0 Å². The van der Waals surface area contributed by atoms with Crippen LogP contribution in [0.25, 0.3) is 0 Å². The van der Waals surface area contributed by atoms with Crippen LogP contribution >= 0.6 is 15.9 Å². The molecule has 1 unspecified atom stereocenters. The average Bonchev–Trinajstić information content (AvgIpc) is 3.05. The second kappa shape index (κ2) is 15.7. The second-order valence-corrected chi connectivity index (χ2v) is 13.4. The molecule has 0 saturated heterocycles. The average molecular weight is 693 g/mol. The largest absolute Gasteiger partial charge is 0.496 e. The molecule has 0 fully saturated rings. The van der Waals surface area contributed by atoms with Crippen LogP contribution < -0.4 is 14.4 Å². The van der Waals surface area contributed by atoms with E-state index in [1.54, 1.807) is 30.3 Å². The van der Waals surface area contributed by atoms with E-state index in [-0.39, 0.29) is 23.8 Å². The van der Waals surface area contributed by atoms with Crippen LogP contribution in [0, 0.1) is 6.92 Å². The van der Waals surface area contributed by atoms with E-state index in [4.69, 9.17) is 4.74 Å². The highest BCUT2D eigenvalue weighted by molar-refractivity contribution is 9.10. The van der Waals surface area contributed by atoms with Crippen LogP contribution in [0.4, 0.5) is 5.69 Å². The maximum atomic E-state index is 14.5. The van der Waals surface area contributed by atoms with Gasteiger partial charge in [-0.3, -0.25) is 13.9 Å². The van der Waals surface area contributed by atoms with Crippen molar-refractivity contribution >= 4 is 43.5 Å². The van der Waals surface area contributed by atoms with Crippen molar-refractivity contribution in [2.24, 2.45) is 0 Å². The third kappa shape index (κ3) is 8.73. The molecule has 0 bridgehead atoms. The molecule has 45 heavy (non-hydrogen) atoms. The van der Waals surface area contributed by atoms with Gasteiger partial charge in [0.2, 0.25) is 11.8 Å². The van der Waals surface area contributed by atoms with Gasteiger partial charge < -0.3 is 15.0 Å². The number of hydrogen-bond donors (Lipinski definition) is 1. The van der Waals surface area contributed by atoms with Gasteiger partial charge in [-0.05, 0) is 70.7 Å². The number of carbonyl (C=O) groups is 2. The third-order valence-corrected chi connectivity index (χ3v) is 9.72. The van der Waals surface area contributed by atoms with E-state index < -0.39 is 28.5 Å². The van der Waals surface area contributed by atoms with Gasteiger partial charge in [-0.15, -0.1) is 0 Å². The van der Waals surface area contributed by atoms with Crippen molar-refractivity contribution in [1.82, 2.24) is 10.2 Å². The van der Waals surface area contributed by atoms with Crippen molar-refractivity contribution in [3.63, 3.8) is 0 Å². The number of halogens is 1. The van der Waals surface area contributed by atoms with Crippen LogP contribution in [0.15, 0.2) is 112 Å². The lowest BCUT2D eigenvalue weighted by atomic mass is 10.0. The Hall–Kier alpha value is -4.15. The fraction of sp³-hybridized carbons (Fsp3) is 0.257. The molecule has 0 heterocycles. The Balaban J connectivity index is 1.79. The maximum absolute atomic E-state index is 14.5. The van der Waals surface area contributed by atoms with Gasteiger partial charge in [-0.1, -0.05) is 85.3 Å². The van der Waals surface area contributed by atoms with Crippen LogP contribution in [0.3, 0.4) is 0 Å². The van der Waals surface area contributed by atoms with E-state index in [1.165, 1.54) is 24.1 Å². The second-order valence-electron chi connectivity index (χ2n) is 10.6. The van der Waals surface area contributed by atoms with Gasteiger partial charge in [0.25, 0.3) is 10.0 Å². The normalized spacial score (nSPS) is 11.8. The first-order valence-electron chi connectivity index (χ1n) is 14.7. The van der Waals surface area contributed by atoms with Crippen LogP contribution in [-0.2, 0) is 32.6 Å². The summed E-state index contributed by atoms with van der Waals surface area (Å²) in [6.45, 7) is 3.91. The number of methoxy groups -OCH3 is 1. The summed E-state index contributed by atoms with van der Waals surface area (Å²) in [6, 6.07) is 29.4. The molecule has 8 nitrogen and oxygen atoms in total. The van der Waals surface area contributed by atoms with E-state index in [0.29, 0.717) is 22.5 Å². The van der Waals surface area contributed by atoms with Gasteiger partial charge in [0.15, 0.2) is 0 Å². The minimum absolute atomic E-state index is 0.0142. The first kappa shape index (κ1) is 33.7. The number of ether oxygens (including phenoxy) is 1. The first-order valence-corrected chi connectivity index (χ1v) is 16.9. The van der Waals surface area contributed by atoms with Crippen molar-refractivity contribution in [2.45, 2.75) is 44.2 Å². The molecule has 0 radical (unpaired) electrons. The van der Waals surface area contributed by atoms with Crippen LogP contribution in [0.5, 0.6) is 5.75 Å². The van der Waals surface area contributed by atoms with E-state index in [0.717, 1.165) is 27.4 Å². The SMILES string of the molecule is CCCNC(=O)C(Cc1ccccc1)N(Cc1ccccc1)C(=O)CN(c1ccc(C)cc1)S(=O)(=O)c1ccc(OC)c(Br)c1. The van der Waals surface area contributed by atoms with Gasteiger partial charge in [0.1, 0.15) is 18.3 Å². The summed E-state index contributed by atoms with van der Waals surface area (Å²) < 4.78 is 35.3. The lowest BCUT2D eigenvalue weighted by Crippen LogP contribution is -2.53. The zero-order valence-corrected chi connectivity index (χ0v) is 28.1. The molecule has 4 aromatic rings. The van der Waals surface area contributed by atoms with Crippen molar-refractivity contribution < 1.29 is 22.7 Å². The molecule has 1 N–H and O–H groups in total. The number of benzene rings is 4. The van der Waals surface area contributed by atoms with Crippen molar-refractivity contribution in [1.29, 1.82) is 0 Å². The Kier molecular flexibility index (Phi) is 11.8. The number of aryl methyl sites for hydroxylation is 1. The highest BCUT2D eigenvalue weighted by atomic mass is 79.9. The van der Waals surface area contributed by atoms with Crippen LogP contribution in [0.2, 0.25) is 0 Å². The molecule has 0 spiro atoms. The fourth-order valence-corrected chi connectivity index (χ4v) is 7.01. The number of nitrogens with one attached hydrogen (secondary N) is 1. The van der Waals surface area contributed by atoms with Crippen molar-refractivity contribution in [2.75, 3.05) is 24.5 Å². The predicted molar refractivity (Wildman–Crippen MR) is 181 cm³/mol. The lowest BCUT2D eigenvalue weighted by Gasteiger charge is -2.34. The number of rotatable bonds is 14. The Morgan fingerprint density at radius 3 is 2.09 bits per heavy atom. The Morgan fingerprint density at radius 1 is 0.889 bits per heavy atom. The zero-order chi connectivity index (χ0) is 32.4. The smallest absolute Gasteiger partial charge is 0.264 e. The molecule has 0 aromatic heterocycles. The molecule has 10 heteroatoms. The number of sulfonamides is 1. The summed E-state index contributed by atoms with van der Waals surface area (Å²) in [6.07, 6.45) is 0.991. The number of carbonyl (C=O) groups excluding carboxylic acids is 2. The number of nitrogens with zero attached hydrogens (tertiary/aromatic N) is 2. The molecule has 4 aromatic carbocycles. The fourth-order valence-electron chi connectivity index (χ4n) is 4.87. The minimum Gasteiger partial charge on any atom is -0.496 e. The van der Waals surface area contributed by atoms with Gasteiger partial charge in [-0.25, -0.2) is 8.42 Å². The number of hydrogen-bond acceptors (Lipinski definition) is 5. The van der Waals surface area contributed by atoms with E-state index >= 15 is 0 Å². The molecule has 0 saturated carbocycles. The Morgan fingerprint density at radius 2 is 1.51 bits per heavy atom. The molecular weight excluding hydrogens is 654 g/mol. The van der Waals surface area contributed by atoms with E-state index in [2.05, 4.69) is 21.2 Å². The molecule has 0 aliphatic heterocycles. The first-order chi connectivity index (χ1) is 21.6. The quantitative estimate of drug-likeness (QED) is 0.172. The summed E-state index contributed by atoms with van der Waals surface area (Å²) in [5.41, 5.74) is 2.97. The summed E-state index contributed by atoms with van der Waals surface area (Å²) in [5.74, 6) is -0.334. The molecule has 2 amide bonds. The molecule has 236 valence electrons. The topological polar surface area (TPSA) is 96.0 Å². The Labute approximate surface area is 274 Å². The van der Waals surface area contributed by atoms with E-state index in [9.17, 15) is 18.0 Å². The molecule has 0 aliphatic carbocycles. The minimum atomic E-state index is -4.24. The van der Waals surface area contributed by atoms with Crippen molar-refractivity contribution in [3.8, 4) is 5.75 Å². The highest BCUT2D eigenvalue weighted by Gasteiger charge is 2.34. The molecule has 0 aliphatic rings. The summed E-state index contributed by atoms with van der Waals surface area (Å²) in [4.78, 5) is 29.6. The molecular formula is C35H38BrN3O5S. The maximum Gasteiger partial charge on any atom is 0.264 e. The Bertz CT molecular complexity index is 1680. The third-order valence-electron chi connectivity index (χ3n) is 7.33. The van der Waals surface area contributed by atoms with Gasteiger partial charge in [0, 0.05) is 19.5 Å². The zero-order valence-electron chi connectivity index (χ0n) is 25.6. The monoisotopic (exact) mass is 691 g/mol. The predicted octanol–water partition coefficient (Wildman–Crippen LogP) is 6.13. The summed E-state index contributed by atoms with van der Waals surface area (Å²) in [5, 5.41) is 2.96. The molecule has 1 atom stereocenters. The van der Waals surface area contributed by atoms with Crippen LogP contribution in [0.1, 0.15) is 30.0 Å². The van der Waals surface area contributed by atoms with Gasteiger partial charge in [-0.2, -0.15) is 0 Å². The summed E-state index contributed by atoms with van der Waals surface area (Å²) >= 11 is 3.39.